The molecule has 0 aliphatic carbocycles. The van der Waals surface area contributed by atoms with Crippen molar-refractivity contribution >= 4 is 38.1 Å². The zero-order valence-electron chi connectivity index (χ0n) is 16.4. The second-order valence-electron chi connectivity index (χ2n) is 6.53. The van der Waals surface area contributed by atoms with E-state index >= 15 is 0 Å². The third-order valence-corrected chi connectivity index (χ3v) is 6.41. The largest absolute Gasteiger partial charge is 0.339 e. The number of carbonyl (C=O) groups is 1. The Morgan fingerprint density at radius 3 is 2.53 bits per heavy atom. The lowest BCUT2D eigenvalue weighted by Crippen LogP contribution is -2.14. The third kappa shape index (κ3) is 5.34. The first-order chi connectivity index (χ1) is 15.4. The Morgan fingerprint density at radius 1 is 1.09 bits per heavy atom. The molecule has 2 aromatic heterocycles. The van der Waals surface area contributed by atoms with Gasteiger partial charge in [-0.05, 0) is 48.5 Å². The fourth-order valence-electron chi connectivity index (χ4n) is 2.68. The van der Waals surface area contributed by atoms with Gasteiger partial charge in [0.25, 0.3) is 10.0 Å². The van der Waals surface area contributed by atoms with Crippen LogP contribution in [0.3, 0.4) is 0 Å². The Hall–Kier alpha value is -3.64. The number of aromatic nitrogens is 3. The maximum absolute atomic E-state index is 13.0. The van der Waals surface area contributed by atoms with Crippen LogP contribution in [-0.2, 0) is 21.2 Å². The van der Waals surface area contributed by atoms with Crippen molar-refractivity contribution in [2.75, 3.05) is 10.0 Å². The van der Waals surface area contributed by atoms with Crippen molar-refractivity contribution in [3.63, 3.8) is 0 Å². The number of hydrogen-bond donors (Lipinski definition) is 2. The highest BCUT2D eigenvalue weighted by molar-refractivity contribution is 7.93. The first-order valence-corrected chi connectivity index (χ1v) is 11.7. The molecule has 0 saturated heterocycles. The van der Waals surface area contributed by atoms with Crippen molar-refractivity contribution in [1.29, 1.82) is 0 Å². The SMILES string of the molecule is O=C(CCc1nc(-c2ccc(F)cc2)no1)Nc1ccc(S(=O)(=O)Nc2nccs2)cc1. The molecule has 4 rings (SSSR count). The average molecular weight is 474 g/mol. The molecule has 12 heteroatoms. The third-order valence-electron chi connectivity index (χ3n) is 4.24. The summed E-state index contributed by atoms with van der Waals surface area (Å²) >= 11 is 1.17. The summed E-state index contributed by atoms with van der Waals surface area (Å²) in [6, 6.07) is 11.4. The molecule has 0 saturated carbocycles. The number of benzene rings is 2. The molecule has 9 nitrogen and oxygen atoms in total. The predicted molar refractivity (Wildman–Crippen MR) is 116 cm³/mol. The van der Waals surface area contributed by atoms with E-state index in [1.54, 1.807) is 5.38 Å². The van der Waals surface area contributed by atoms with Crippen LogP contribution in [0, 0.1) is 5.82 Å². The number of anilines is 2. The molecule has 0 radical (unpaired) electrons. The number of thiazole rings is 1. The van der Waals surface area contributed by atoms with E-state index in [-0.39, 0.29) is 40.5 Å². The molecule has 0 fully saturated rings. The van der Waals surface area contributed by atoms with Crippen LogP contribution < -0.4 is 10.0 Å². The monoisotopic (exact) mass is 473 g/mol. The van der Waals surface area contributed by atoms with Gasteiger partial charge >= 0.3 is 0 Å². The summed E-state index contributed by atoms with van der Waals surface area (Å²) in [5, 5.41) is 8.45. The summed E-state index contributed by atoms with van der Waals surface area (Å²) < 4.78 is 45.2. The van der Waals surface area contributed by atoms with Gasteiger partial charge in [-0.1, -0.05) is 5.16 Å². The fraction of sp³-hybridized carbons (Fsp3) is 0.100. The van der Waals surface area contributed by atoms with Gasteiger partial charge in [-0.3, -0.25) is 9.52 Å². The average Bonchev–Trinajstić information content (AvgIpc) is 3.45. The van der Waals surface area contributed by atoms with Crippen LogP contribution in [-0.4, -0.2) is 29.4 Å². The van der Waals surface area contributed by atoms with Gasteiger partial charge in [-0.15, -0.1) is 11.3 Å². The van der Waals surface area contributed by atoms with Gasteiger partial charge in [0.05, 0.1) is 4.90 Å². The van der Waals surface area contributed by atoms with Crippen LogP contribution in [0.25, 0.3) is 11.4 Å². The Morgan fingerprint density at radius 2 is 1.84 bits per heavy atom. The lowest BCUT2D eigenvalue weighted by Gasteiger charge is -2.07. The molecule has 4 aromatic rings. The first-order valence-electron chi connectivity index (χ1n) is 9.30. The summed E-state index contributed by atoms with van der Waals surface area (Å²) in [6.07, 6.45) is 1.79. The second kappa shape index (κ2) is 9.24. The Kier molecular flexibility index (Phi) is 6.23. The van der Waals surface area contributed by atoms with Crippen molar-refractivity contribution in [2.45, 2.75) is 17.7 Å². The maximum Gasteiger partial charge on any atom is 0.263 e. The quantitative estimate of drug-likeness (QED) is 0.399. The van der Waals surface area contributed by atoms with E-state index in [4.69, 9.17) is 4.52 Å². The zero-order valence-corrected chi connectivity index (χ0v) is 18.0. The van der Waals surface area contributed by atoms with Gasteiger partial charge < -0.3 is 9.84 Å². The van der Waals surface area contributed by atoms with Crippen molar-refractivity contribution < 1.29 is 22.1 Å². The highest BCUT2D eigenvalue weighted by atomic mass is 32.2. The van der Waals surface area contributed by atoms with Crippen LogP contribution in [0.2, 0.25) is 0 Å². The number of aryl methyl sites for hydroxylation is 1. The summed E-state index contributed by atoms with van der Waals surface area (Å²) in [6.45, 7) is 0. The summed E-state index contributed by atoms with van der Waals surface area (Å²) in [5.41, 5.74) is 1.05. The number of halogens is 1. The number of amides is 1. The van der Waals surface area contributed by atoms with Gasteiger partial charge in [0, 0.05) is 35.7 Å². The highest BCUT2D eigenvalue weighted by Gasteiger charge is 2.16. The van der Waals surface area contributed by atoms with E-state index in [0.717, 1.165) is 0 Å². The topological polar surface area (TPSA) is 127 Å². The molecule has 0 unspecified atom stereocenters. The number of nitrogens with one attached hydrogen (secondary N) is 2. The minimum atomic E-state index is -3.76. The van der Waals surface area contributed by atoms with Gasteiger partial charge in [0.2, 0.25) is 17.6 Å². The standard InChI is InChI=1S/C20H16FN5O4S2/c21-14-3-1-13(2-4-14)19-24-18(30-25-19)10-9-17(27)23-15-5-7-16(8-6-15)32(28,29)26-20-22-11-12-31-20/h1-8,11-12H,9-10H2,(H,22,26)(H,23,27). The molecular weight excluding hydrogens is 457 g/mol. The van der Waals surface area contributed by atoms with Gasteiger partial charge in [0.1, 0.15) is 5.82 Å². The number of hydrogen-bond acceptors (Lipinski definition) is 8. The summed E-state index contributed by atoms with van der Waals surface area (Å²) in [5.74, 6) is -0.0867. The van der Waals surface area contributed by atoms with Crippen molar-refractivity contribution in [2.24, 2.45) is 0 Å². The first kappa shape index (κ1) is 21.6. The fourth-order valence-corrected chi connectivity index (χ4v) is 4.47. The molecule has 1 amide bonds. The van der Waals surface area contributed by atoms with Gasteiger partial charge in [0.15, 0.2) is 5.13 Å². The molecule has 2 heterocycles. The van der Waals surface area contributed by atoms with E-state index in [0.29, 0.717) is 17.1 Å². The molecule has 0 bridgehead atoms. The van der Waals surface area contributed by atoms with E-state index in [1.807, 2.05) is 0 Å². The Balaban J connectivity index is 1.31. The maximum atomic E-state index is 13.0. The molecule has 32 heavy (non-hydrogen) atoms. The van der Waals surface area contributed by atoms with Crippen LogP contribution in [0.4, 0.5) is 15.2 Å². The normalized spacial score (nSPS) is 11.3. The zero-order chi connectivity index (χ0) is 22.6. The van der Waals surface area contributed by atoms with Crippen molar-refractivity contribution in [3.8, 4) is 11.4 Å². The van der Waals surface area contributed by atoms with Crippen molar-refractivity contribution in [3.05, 3.63) is 71.8 Å². The van der Waals surface area contributed by atoms with E-state index in [2.05, 4.69) is 25.2 Å². The predicted octanol–water partition coefficient (Wildman–Crippen LogP) is 3.70. The van der Waals surface area contributed by atoms with E-state index < -0.39 is 10.0 Å². The van der Waals surface area contributed by atoms with Crippen LogP contribution in [0.1, 0.15) is 12.3 Å². The lowest BCUT2D eigenvalue weighted by atomic mass is 10.2. The molecule has 0 aliphatic heterocycles. The van der Waals surface area contributed by atoms with Gasteiger partial charge in [-0.2, -0.15) is 4.98 Å². The minimum absolute atomic E-state index is 0.0462. The van der Waals surface area contributed by atoms with Crippen LogP contribution >= 0.6 is 11.3 Å². The molecule has 164 valence electrons. The summed E-state index contributed by atoms with van der Waals surface area (Å²) in [7, 11) is -3.76. The Bertz CT molecular complexity index is 1310. The molecule has 0 aliphatic rings. The number of rotatable bonds is 8. The number of nitrogens with zero attached hydrogens (tertiary/aromatic N) is 3. The molecule has 0 spiro atoms. The lowest BCUT2D eigenvalue weighted by molar-refractivity contribution is -0.116. The summed E-state index contributed by atoms with van der Waals surface area (Å²) in [4.78, 5) is 20.4. The molecule has 2 N–H and O–H groups in total. The number of sulfonamides is 1. The number of carbonyl (C=O) groups excluding carboxylic acids is 1. The van der Waals surface area contributed by atoms with Crippen LogP contribution in [0.5, 0.6) is 0 Å². The Labute approximate surface area is 186 Å². The van der Waals surface area contributed by atoms with Crippen molar-refractivity contribution in [1.82, 2.24) is 15.1 Å². The van der Waals surface area contributed by atoms with E-state index in [9.17, 15) is 17.6 Å². The smallest absolute Gasteiger partial charge is 0.263 e. The molecule has 2 aromatic carbocycles. The van der Waals surface area contributed by atoms with Crippen LogP contribution in [0.15, 0.2) is 69.5 Å². The minimum Gasteiger partial charge on any atom is -0.339 e. The molecular formula is C20H16FN5O4S2. The highest BCUT2D eigenvalue weighted by Crippen LogP contribution is 2.20. The second-order valence-corrected chi connectivity index (χ2v) is 9.11. The molecule has 0 atom stereocenters. The van der Waals surface area contributed by atoms with E-state index in [1.165, 1.54) is 66.1 Å². The van der Waals surface area contributed by atoms with Gasteiger partial charge in [-0.25, -0.2) is 17.8 Å².